The first kappa shape index (κ1) is 14.9. The fourth-order valence-corrected chi connectivity index (χ4v) is 4.83. The van der Waals surface area contributed by atoms with Gasteiger partial charge in [-0.15, -0.1) is 22.7 Å². The van der Waals surface area contributed by atoms with E-state index >= 15 is 0 Å². The van der Waals surface area contributed by atoms with Gasteiger partial charge in [-0.2, -0.15) is 0 Å². The molecule has 0 saturated carbocycles. The van der Waals surface area contributed by atoms with E-state index in [1.165, 1.54) is 15.3 Å². The zero-order chi connectivity index (χ0) is 15.8. The predicted octanol–water partition coefficient (Wildman–Crippen LogP) is 4.65. The van der Waals surface area contributed by atoms with Crippen molar-refractivity contribution in [3.63, 3.8) is 0 Å². The summed E-state index contributed by atoms with van der Waals surface area (Å²) < 4.78 is 0. The zero-order valence-electron chi connectivity index (χ0n) is 12.1. The summed E-state index contributed by atoms with van der Waals surface area (Å²) in [6.07, 6.45) is 2.46. The number of rotatable bonds is 2. The number of thiophene rings is 2. The molecule has 3 aromatic heterocycles. The van der Waals surface area contributed by atoms with Crippen LogP contribution in [-0.2, 0) is 6.42 Å². The highest BCUT2D eigenvalue weighted by Crippen LogP contribution is 2.40. The first-order valence-electron chi connectivity index (χ1n) is 7.26. The standard InChI is InChI=1S/C17H13ClN2OS2/c18-15-4-3-11(10-19-15)17(21)20-7-5-13-12(6-9-23-13)16(20)14-2-1-8-22-14/h1-4,6,8-10,16H,5,7H2. The van der Waals surface area contributed by atoms with Gasteiger partial charge in [-0.3, -0.25) is 4.79 Å². The number of pyridine rings is 1. The van der Waals surface area contributed by atoms with E-state index in [2.05, 4.69) is 27.9 Å². The number of hydrogen-bond donors (Lipinski definition) is 0. The van der Waals surface area contributed by atoms with Crippen LogP contribution in [-0.4, -0.2) is 22.3 Å². The molecule has 4 heterocycles. The summed E-state index contributed by atoms with van der Waals surface area (Å²) in [5.41, 5.74) is 1.83. The number of fused-ring (bicyclic) bond motifs is 1. The van der Waals surface area contributed by atoms with Crippen LogP contribution in [0.25, 0.3) is 0 Å². The van der Waals surface area contributed by atoms with Gasteiger partial charge in [0.2, 0.25) is 0 Å². The molecule has 3 aromatic rings. The maximum absolute atomic E-state index is 13.0. The first-order chi connectivity index (χ1) is 11.2. The van der Waals surface area contributed by atoms with Crippen LogP contribution in [0.2, 0.25) is 5.15 Å². The summed E-state index contributed by atoms with van der Waals surface area (Å²) in [6.45, 7) is 0.720. The quantitative estimate of drug-likeness (QED) is 0.623. The van der Waals surface area contributed by atoms with Gasteiger partial charge in [-0.25, -0.2) is 4.98 Å². The first-order valence-corrected chi connectivity index (χ1v) is 9.40. The van der Waals surface area contributed by atoms with Crippen LogP contribution in [0.1, 0.15) is 31.7 Å². The van der Waals surface area contributed by atoms with Crippen LogP contribution < -0.4 is 0 Å². The summed E-state index contributed by atoms with van der Waals surface area (Å²) in [6, 6.07) is 9.68. The van der Waals surface area contributed by atoms with E-state index in [4.69, 9.17) is 11.6 Å². The lowest BCUT2D eigenvalue weighted by Crippen LogP contribution is -2.39. The Kier molecular flexibility index (Phi) is 3.93. The molecule has 0 saturated heterocycles. The molecule has 0 N–H and O–H groups in total. The molecule has 6 heteroatoms. The Morgan fingerprint density at radius 1 is 1.22 bits per heavy atom. The second-order valence-corrected chi connectivity index (χ2v) is 7.70. The van der Waals surface area contributed by atoms with E-state index in [0.717, 1.165) is 13.0 Å². The number of carbonyl (C=O) groups is 1. The average Bonchev–Trinajstić information content (AvgIpc) is 3.25. The molecule has 4 rings (SSSR count). The third kappa shape index (κ3) is 2.69. The van der Waals surface area contributed by atoms with Gasteiger partial charge in [0.05, 0.1) is 11.6 Å². The molecule has 0 aliphatic carbocycles. The summed E-state index contributed by atoms with van der Waals surface area (Å²) in [5, 5.41) is 4.57. The third-order valence-electron chi connectivity index (χ3n) is 4.01. The number of aromatic nitrogens is 1. The van der Waals surface area contributed by atoms with Crippen LogP contribution in [0.5, 0.6) is 0 Å². The molecule has 1 unspecified atom stereocenters. The van der Waals surface area contributed by atoms with Gasteiger partial charge in [0, 0.05) is 22.5 Å². The van der Waals surface area contributed by atoms with Gasteiger partial charge in [-0.05, 0) is 47.0 Å². The molecule has 1 atom stereocenters. The molecule has 23 heavy (non-hydrogen) atoms. The molecule has 1 aliphatic heterocycles. The molecular formula is C17H13ClN2OS2. The van der Waals surface area contributed by atoms with Crippen molar-refractivity contribution in [1.82, 2.24) is 9.88 Å². The maximum Gasteiger partial charge on any atom is 0.256 e. The highest BCUT2D eigenvalue weighted by atomic mass is 35.5. The number of hydrogen-bond acceptors (Lipinski definition) is 4. The minimum Gasteiger partial charge on any atom is -0.326 e. The van der Waals surface area contributed by atoms with Crippen molar-refractivity contribution in [2.24, 2.45) is 0 Å². The van der Waals surface area contributed by atoms with Crippen LogP contribution in [0.3, 0.4) is 0 Å². The molecule has 1 aliphatic rings. The van der Waals surface area contributed by atoms with Crippen molar-refractivity contribution in [3.8, 4) is 0 Å². The Hall–Kier alpha value is -1.69. The Balaban J connectivity index is 1.75. The minimum absolute atomic E-state index is 0.00409. The smallest absolute Gasteiger partial charge is 0.256 e. The highest BCUT2D eigenvalue weighted by Gasteiger charge is 2.33. The Bertz CT molecular complexity index is 827. The van der Waals surface area contributed by atoms with Crippen LogP contribution >= 0.6 is 34.3 Å². The molecule has 0 spiro atoms. The van der Waals surface area contributed by atoms with Crippen LogP contribution in [0, 0.1) is 0 Å². The molecule has 0 fully saturated rings. The van der Waals surface area contributed by atoms with Crippen molar-refractivity contribution >= 4 is 40.2 Å². The summed E-state index contributed by atoms with van der Waals surface area (Å²) in [7, 11) is 0. The summed E-state index contributed by atoms with van der Waals surface area (Å²) in [4.78, 5) is 21.6. The molecule has 116 valence electrons. The lowest BCUT2D eigenvalue weighted by molar-refractivity contribution is 0.0698. The third-order valence-corrected chi connectivity index (χ3v) is 6.16. The molecule has 3 nitrogen and oxygen atoms in total. The normalized spacial score (nSPS) is 17.1. The fraction of sp³-hybridized carbons (Fsp3) is 0.176. The minimum atomic E-state index is -0.00632. The Morgan fingerprint density at radius 2 is 2.13 bits per heavy atom. The van der Waals surface area contributed by atoms with Crippen molar-refractivity contribution in [3.05, 3.63) is 73.3 Å². The molecule has 0 bridgehead atoms. The molecular weight excluding hydrogens is 348 g/mol. The largest absolute Gasteiger partial charge is 0.326 e. The number of amides is 1. The van der Waals surface area contributed by atoms with E-state index in [1.807, 2.05) is 11.0 Å². The lowest BCUT2D eigenvalue weighted by Gasteiger charge is -2.35. The maximum atomic E-state index is 13.0. The fourth-order valence-electron chi connectivity index (χ4n) is 2.96. The van der Waals surface area contributed by atoms with E-state index < -0.39 is 0 Å². The van der Waals surface area contributed by atoms with Crippen molar-refractivity contribution in [2.45, 2.75) is 12.5 Å². The van der Waals surface area contributed by atoms with Crippen molar-refractivity contribution in [2.75, 3.05) is 6.54 Å². The van der Waals surface area contributed by atoms with Gasteiger partial charge in [0.1, 0.15) is 5.15 Å². The average molecular weight is 361 g/mol. The number of nitrogens with zero attached hydrogens (tertiary/aromatic N) is 2. The van der Waals surface area contributed by atoms with Gasteiger partial charge in [0.15, 0.2) is 0 Å². The van der Waals surface area contributed by atoms with Gasteiger partial charge in [0.25, 0.3) is 5.91 Å². The van der Waals surface area contributed by atoms with E-state index in [0.29, 0.717) is 10.7 Å². The topological polar surface area (TPSA) is 33.2 Å². The summed E-state index contributed by atoms with van der Waals surface area (Å²) in [5.74, 6) is 0.00409. The Morgan fingerprint density at radius 3 is 2.87 bits per heavy atom. The highest BCUT2D eigenvalue weighted by molar-refractivity contribution is 7.10. The van der Waals surface area contributed by atoms with E-state index in [9.17, 15) is 4.79 Å². The van der Waals surface area contributed by atoms with Crippen LogP contribution in [0.15, 0.2) is 47.3 Å². The monoisotopic (exact) mass is 360 g/mol. The van der Waals surface area contributed by atoms with Gasteiger partial charge in [-0.1, -0.05) is 17.7 Å². The zero-order valence-corrected chi connectivity index (χ0v) is 14.5. The SMILES string of the molecule is O=C(c1ccc(Cl)nc1)N1CCc2sccc2C1c1cccs1. The van der Waals surface area contributed by atoms with E-state index in [-0.39, 0.29) is 11.9 Å². The second kappa shape index (κ2) is 6.07. The summed E-state index contributed by atoms with van der Waals surface area (Å²) >= 11 is 9.30. The molecule has 0 radical (unpaired) electrons. The van der Waals surface area contributed by atoms with Crippen molar-refractivity contribution in [1.29, 1.82) is 0 Å². The second-order valence-electron chi connectivity index (χ2n) is 5.34. The molecule has 1 amide bonds. The lowest BCUT2D eigenvalue weighted by atomic mass is 9.97. The Labute approximate surface area is 147 Å². The number of carbonyl (C=O) groups excluding carboxylic acids is 1. The predicted molar refractivity (Wildman–Crippen MR) is 94.5 cm³/mol. The van der Waals surface area contributed by atoms with Gasteiger partial charge >= 0.3 is 0 Å². The van der Waals surface area contributed by atoms with Gasteiger partial charge < -0.3 is 4.90 Å². The van der Waals surface area contributed by atoms with Crippen LogP contribution in [0.4, 0.5) is 0 Å². The molecule has 0 aromatic carbocycles. The number of halogens is 1. The van der Waals surface area contributed by atoms with Crippen molar-refractivity contribution < 1.29 is 4.79 Å². The van der Waals surface area contributed by atoms with E-state index in [1.54, 1.807) is 41.0 Å².